The van der Waals surface area contributed by atoms with Gasteiger partial charge in [-0.3, -0.25) is 4.79 Å². The van der Waals surface area contributed by atoms with Crippen LogP contribution < -0.4 is 16.8 Å². The van der Waals surface area contributed by atoms with Crippen LogP contribution in [0.4, 0.5) is 0 Å². The third-order valence-electron chi connectivity index (χ3n) is 4.34. The Bertz CT molecular complexity index is 286. The number of rotatable bonds is 4. The summed E-state index contributed by atoms with van der Waals surface area (Å²) >= 11 is 0. The molecule has 0 heterocycles. The van der Waals surface area contributed by atoms with Gasteiger partial charge in [0.25, 0.3) is 0 Å². The molecule has 5 N–H and O–H groups in total. The first-order chi connectivity index (χ1) is 8.04. The summed E-state index contributed by atoms with van der Waals surface area (Å²) in [6, 6.07) is 0.167. The minimum absolute atomic E-state index is 0.0379. The zero-order valence-electron chi connectivity index (χ0n) is 10.7. The summed E-state index contributed by atoms with van der Waals surface area (Å²) in [5.41, 5.74) is 11.6. The Morgan fingerprint density at radius 3 is 2.65 bits per heavy atom. The van der Waals surface area contributed by atoms with Gasteiger partial charge in [-0.25, -0.2) is 0 Å². The van der Waals surface area contributed by atoms with Crippen LogP contribution in [0.15, 0.2) is 0 Å². The Balaban J connectivity index is 1.93. The highest BCUT2D eigenvalue weighted by atomic mass is 16.2. The lowest BCUT2D eigenvalue weighted by Gasteiger charge is -2.38. The number of hydrogen-bond acceptors (Lipinski definition) is 3. The van der Waals surface area contributed by atoms with E-state index in [0.717, 1.165) is 25.7 Å². The maximum atomic E-state index is 12.3. The molecule has 0 aromatic carbocycles. The molecule has 2 saturated carbocycles. The third kappa shape index (κ3) is 2.99. The lowest BCUT2D eigenvalue weighted by molar-refractivity contribution is -0.128. The van der Waals surface area contributed by atoms with Gasteiger partial charge in [0.1, 0.15) is 0 Å². The van der Waals surface area contributed by atoms with Gasteiger partial charge in [0.05, 0.1) is 5.92 Å². The summed E-state index contributed by atoms with van der Waals surface area (Å²) in [6.07, 6.45) is 6.52. The summed E-state index contributed by atoms with van der Waals surface area (Å²) in [4.78, 5) is 12.3. The highest BCUT2D eigenvalue weighted by Gasteiger charge is 2.40. The molecule has 0 aromatic heterocycles. The average molecular weight is 239 g/mol. The lowest BCUT2D eigenvalue weighted by Crippen LogP contribution is -2.55. The van der Waals surface area contributed by atoms with Crippen molar-refractivity contribution < 1.29 is 4.79 Å². The Labute approximate surface area is 103 Å². The molecule has 0 radical (unpaired) electrons. The largest absolute Gasteiger partial charge is 0.352 e. The second-order valence-corrected chi connectivity index (χ2v) is 5.99. The van der Waals surface area contributed by atoms with E-state index in [2.05, 4.69) is 5.32 Å². The molecule has 0 spiro atoms. The number of nitrogens with two attached hydrogens (primary N) is 2. The van der Waals surface area contributed by atoms with Crippen molar-refractivity contribution in [3.05, 3.63) is 0 Å². The predicted molar refractivity (Wildman–Crippen MR) is 68.3 cm³/mol. The van der Waals surface area contributed by atoms with Gasteiger partial charge in [0.2, 0.25) is 5.91 Å². The molecule has 0 aliphatic heterocycles. The zero-order chi connectivity index (χ0) is 12.5. The third-order valence-corrected chi connectivity index (χ3v) is 4.34. The maximum Gasteiger partial charge on any atom is 0.225 e. The fourth-order valence-electron chi connectivity index (χ4n) is 2.94. The molecule has 98 valence electrons. The minimum Gasteiger partial charge on any atom is -0.352 e. The Morgan fingerprint density at radius 1 is 1.41 bits per heavy atom. The molecule has 2 fully saturated rings. The van der Waals surface area contributed by atoms with E-state index >= 15 is 0 Å². The molecule has 2 aliphatic rings. The first-order valence-electron chi connectivity index (χ1n) is 6.84. The van der Waals surface area contributed by atoms with Crippen LogP contribution in [0.25, 0.3) is 0 Å². The van der Waals surface area contributed by atoms with Crippen LogP contribution in [0.3, 0.4) is 0 Å². The van der Waals surface area contributed by atoms with Crippen molar-refractivity contribution in [2.75, 3.05) is 6.54 Å². The van der Waals surface area contributed by atoms with Gasteiger partial charge in [-0.05, 0) is 38.5 Å². The SMILES string of the molecule is CC1(N)CCCCC1C(=O)NC(CN)C1CC1. The molecule has 0 aromatic rings. The lowest BCUT2D eigenvalue weighted by atomic mass is 9.74. The molecule has 4 heteroatoms. The van der Waals surface area contributed by atoms with Crippen LogP contribution in [-0.2, 0) is 4.79 Å². The normalized spacial score (nSPS) is 35.4. The van der Waals surface area contributed by atoms with E-state index in [1.807, 2.05) is 6.92 Å². The van der Waals surface area contributed by atoms with Gasteiger partial charge in [-0.15, -0.1) is 0 Å². The van der Waals surface area contributed by atoms with E-state index in [0.29, 0.717) is 12.5 Å². The molecule has 2 aliphatic carbocycles. The van der Waals surface area contributed by atoms with Crippen LogP contribution in [0.5, 0.6) is 0 Å². The van der Waals surface area contributed by atoms with Crippen molar-refractivity contribution in [3.63, 3.8) is 0 Å². The molecule has 3 unspecified atom stereocenters. The Hall–Kier alpha value is -0.610. The van der Waals surface area contributed by atoms with Gasteiger partial charge in [-0.1, -0.05) is 12.8 Å². The quantitative estimate of drug-likeness (QED) is 0.677. The van der Waals surface area contributed by atoms with E-state index in [1.165, 1.54) is 12.8 Å². The summed E-state index contributed by atoms with van der Waals surface area (Å²) in [5.74, 6) is 0.692. The van der Waals surface area contributed by atoms with Gasteiger partial charge < -0.3 is 16.8 Å². The minimum atomic E-state index is -0.342. The van der Waals surface area contributed by atoms with Gasteiger partial charge in [-0.2, -0.15) is 0 Å². The first kappa shape index (κ1) is 12.8. The van der Waals surface area contributed by atoms with Crippen LogP contribution in [0.2, 0.25) is 0 Å². The van der Waals surface area contributed by atoms with Crippen molar-refractivity contribution in [2.45, 2.75) is 57.0 Å². The van der Waals surface area contributed by atoms with Crippen molar-refractivity contribution in [1.82, 2.24) is 5.32 Å². The van der Waals surface area contributed by atoms with Crippen molar-refractivity contribution in [3.8, 4) is 0 Å². The van der Waals surface area contributed by atoms with Crippen LogP contribution in [0, 0.1) is 11.8 Å². The molecular formula is C13H25N3O. The molecule has 3 atom stereocenters. The fourth-order valence-corrected chi connectivity index (χ4v) is 2.94. The number of hydrogen-bond donors (Lipinski definition) is 3. The molecular weight excluding hydrogens is 214 g/mol. The van der Waals surface area contributed by atoms with Gasteiger partial charge in [0.15, 0.2) is 0 Å². The standard InChI is InChI=1S/C13H25N3O/c1-13(15)7-3-2-4-10(13)12(17)16-11(8-14)9-5-6-9/h9-11H,2-8,14-15H2,1H3,(H,16,17). The summed E-state index contributed by atoms with van der Waals surface area (Å²) in [5, 5.41) is 3.11. The topological polar surface area (TPSA) is 81.1 Å². The van der Waals surface area contributed by atoms with Gasteiger partial charge >= 0.3 is 0 Å². The first-order valence-corrected chi connectivity index (χ1v) is 6.84. The summed E-state index contributed by atoms with van der Waals surface area (Å²) < 4.78 is 0. The van der Waals surface area contributed by atoms with Gasteiger partial charge in [0, 0.05) is 18.1 Å². The molecule has 0 saturated heterocycles. The number of nitrogens with one attached hydrogen (secondary N) is 1. The van der Waals surface area contributed by atoms with Crippen molar-refractivity contribution in [2.24, 2.45) is 23.3 Å². The number of carbonyl (C=O) groups excluding carboxylic acids is 1. The van der Waals surface area contributed by atoms with Crippen molar-refractivity contribution in [1.29, 1.82) is 0 Å². The fraction of sp³-hybridized carbons (Fsp3) is 0.923. The van der Waals surface area contributed by atoms with E-state index < -0.39 is 0 Å². The highest BCUT2D eigenvalue weighted by molar-refractivity contribution is 5.80. The highest BCUT2D eigenvalue weighted by Crippen LogP contribution is 2.34. The number of amides is 1. The zero-order valence-corrected chi connectivity index (χ0v) is 10.7. The van der Waals surface area contributed by atoms with E-state index in [4.69, 9.17) is 11.5 Å². The second kappa shape index (κ2) is 4.94. The van der Waals surface area contributed by atoms with E-state index in [9.17, 15) is 4.79 Å². The molecule has 17 heavy (non-hydrogen) atoms. The molecule has 2 rings (SSSR count). The second-order valence-electron chi connectivity index (χ2n) is 5.99. The number of carbonyl (C=O) groups is 1. The maximum absolute atomic E-state index is 12.3. The Morgan fingerprint density at radius 2 is 2.12 bits per heavy atom. The van der Waals surface area contributed by atoms with E-state index in [-0.39, 0.29) is 23.4 Å². The smallest absolute Gasteiger partial charge is 0.225 e. The van der Waals surface area contributed by atoms with Crippen molar-refractivity contribution >= 4 is 5.91 Å². The predicted octanol–water partition coefficient (Wildman–Crippen LogP) is 0.748. The molecule has 4 nitrogen and oxygen atoms in total. The van der Waals surface area contributed by atoms with Crippen LogP contribution in [-0.4, -0.2) is 24.0 Å². The van der Waals surface area contributed by atoms with E-state index in [1.54, 1.807) is 0 Å². The average Bonchev–Trinajstić information content (AvgIpc) is 3.08. The molecule has 0 bridgehead atoms. The molecule has 1 amide bonds. The summed E-state index contributed by atoms with van der Waals surface area (Å²) in [6.45, 7) is 2.55. The summed E-state index contributed by atoms with van der Waals surface area (Å²) in [7, 11) is 0. The van der Waals surface area contributed by atoms with Crippen LogP contribution in [0.1, 0.15) is 45.4 Å². The van der Waals surface area contributed by atoms with Crippen LogP contribution >= 0.6 is 0 Å². The Kier molecular flexibility index (Phi) is 3.73. The monoisotopic (exact) mass is 239 g/mol.